The molecule has 1 heterocycles. The molecule has 0 aliphatic carbocycles. The van der Waals surface area contributed by atoms with Gasteiger partial charge in [-0.25, -0.2) is 4.98 Å². The van der Waals surface area contributed by atoms with Crippen molar-refractivity contribution >= 4 is 28.5 Å². The van der Waals surface area contributed by atoms with Crippen LogP contribution in [0.1, 0.15) is 17.3 Å². The molecular formula is C9H10N2O2S. The van der Waals surface area contributed by atoms with Gasteiger partial charge in [0.1, 0.15) is 5.82 Å². The number of nitrogen functional groups attached to an aromatic ring is 1. The first kappa shape index (κ1) is 10.7. The molecule has 4 nitrogen and oxygen atoms in total. The molecule has 0 saturated carbocycles. The first-order valence-corrected chi connectivity index (χ1v) is 4.96. The number of anilines is 1. The van der Waals surface area contributed by atoms with Crippen molar-refractivity contribution in [2.24, 2.45) is 0 Å². The fourth-order valence-corrected chi connectivity index (χ4v) is 1.32. The van der Waals surface area contributed by atoms with E-state index < -0.39 is 0 Å². The number of carbonyl (C=O) groups excluding carboxylic acids is 2. The highest BCUT2D eigenvalue weighted by atomic mass is 32.2. The number of ketones is 1. The largest absolute Gasteiger partial charge is 0.384 e. The number of Topliss-reactive ketones (excluding diaryl/α,β-unsaturated/α-hetero) is 1. The Morgan fingerprint density at radius 1 is 1.50 bits per heavy atom. The molecule has 1 rings (SSSR count). The highest BCUT2D eigenvalue weighted by Gasteiger charge is 2.07. The fraction of sp³-hybridized carbons (Fsp3) is 0.222. The molecular weight excluding hydrogens is 200 g/mol. The summed E-state index contributed by atoms with van der Waals surface area (Å²) < 4.78 is 0. The first-order chi connectivity index (χ1) is 6.59. The zero-order chi connectivity index (χ0) is 10.6. The minimum atomic E-state index is -0.113. The fourth-order valence-electron chi connectivity index (χ4n) is 0.821. The lowest BCUT2D eigenvalue weighted by atomic mass is 10.2. The molecule has 0 unspecified atom stereocenters. The lowest BCUT2D eigenvalue weighted by Gasteiger charge is -1.98. The second kappa shape index (κ2) is 4.76. The third-order valence-electron chi connectivity index (χ3n) is 1.51. The van der Waals surface area contributed by atoms with Crippen molar-refractivity contribution in [1.29, 1.82) is 0 Å². The maximum atomic E-state index is 11.4. The minimum Gasteiger partial charge on any atom is -0.384 e. The number of hydrogen-bond donors (Lipinski definition) is 1. The maximum absolute atomic E-state index is 11.4. The van der Waals surface area contributed by atoms with Crippen LogP contribution in [-0.2, 0) is 4.79 Å². The monoisotopic (exact) mass is 210 g/mol. The summed E-state index contributed by atoms with van der Waals surface area (Å²) >= 11 is 0.991. The van der Waals surface area contributed by atoms with Crippen LogP contribution in [0.5, 0.6) is 0 Å². The van der Waals surface area contributed by atoms with E-state index in [2.05, 4.69) is 4.98 Å². The van der Waals surface area contributed by atoms with E-state index in [1.165, 1.54) is 13.1 Å². The van der Waals surface area contributed by atoms with Crippen molar-refractivity contribution in [3.63, 3.8) is 0 Å². The van der Waals surface area contributed by atoms with E-state index in [9.17, 15) is 9.59 Å². The van der Waals surface area contributed by atoms with E-state index in [1.54, 1.807) is 12.1 Å². The Bertz CT molecular complexity index is 348. The third kappa shape index (κ3) is 3.18. The van der Waals surface area contributed by atoms with Crippen LogP contribution in [0.4, 0.5) is 5.82 Å². The molecule has 0 fully saturated rings. The number of hydrogen-bond acceptors (Lipinski definition) is 5. The average Bonchev–Trinajstić information content (AvgIpc) is 2.15. The minimum absolute atomic E-state index is 0.0678. The second-order valence-corrected chi connectivity index (χ2v) is 3.83. The topological polar surface area (TPSA) is 73.0 Å². The van der Waals surface area contributed by atoms with Gasteiger partial charge in [0.25, 0.3) is 0 Å². The normalized spacial score (nSPS) is 9.79. The van der Waals surface area contributed by atoms with Gasteiger partial charge in [-0.2, -0.15) is 0 Å². The zero-order valence-corrected chi connectivity index (χ0v) is 8.50. The van der Waals surface area contributed by atoms with Crippen LogP contribution in [0.2, 0.25) is 0 Å². The highest BCUT2D eigenvalue weighted by molar-refractivity contribution is 8.14. The molecule has 0 aliphatic heterocycles. The van der Waals surface area contributed by atoms with Crippen molar-refractivity contribution in [3.8, 4) is 0 Å². The first-order valence-electron chi connectivity index (χ1n) is 3.97. The number of carbonyl (C=O) groups is 2. The molecule has 0 saturated heterocycles. The van der Waals surface area contributed by atoms with Crippen LogP contribution in [0.3, 0.4) is 0 Å². The molecule has 0 amide bonds. The second-order valence-electron chi connectivity index (χ2n) is 2.68. The Kier molecular flexibility index (Phi) is 3.64. The molecule has 14 heavy (non-hydrogen) atoms. The Labute approximate surface area is 85.9 Å². The van der Waals surface area contributed by atoms with E-state index in [-0.39, 0.29) is 16.7 Å². The SMILES string of the molecule is CC(=O)SCC(=O)c1ccc(N)nc1. The van der Waals surface area contributed by atoms with Crippen molar-refractivity contribution < 1.29 is 9.59 Å². The predicted molar refractivity (Wildman–Crippen MR) is 56.1 cm³/mol. The van der Waals surface area contributed by atoms with E-state index in [1.807, 2.05) is 0 Å². The van der Waals surface area contributed by atoms with Gasteiger partial charge in [-0.1, -0.05) is 11.8 Å². The van der Waals surface area contributed by atoms with Gasteiger partial charge in [-0.3, -0.25) is 9.59 Å². The molecule has 0 aliphatic rings. The summed E-state index contributed by atoms with van der Waals surface area (Å²) in [7, 11) is 0. The van der Waals surface area contributed by atoms with Crippen LogP contribution < -0.4 is 5.73 Å². The summed E-state index contributed by atoms with van der Waals surface area (Å²) in [6.45, 7) is 1.43. The molecule has 0 atom stereocenters. The smallest absolute Gasteiger partial charge is 0.186 e. The Morgan fingerprint density at radius 2 is 2.21 bits per heavy atom. The van der Waals surface area contributed by atoms with Crippen LogP contribution in [-0.4, -0.2) is 21.6 Å². The summed E-state index contributed by atoms with van der Waals surface area (Å²) in [6.07, 6.45) is 1.42. The molecule has 5 heteroatoms. The Balaban J connectivity index is 2.61. The predicted octanol–water partition coefficient (Wildman–Crippen LogP) is 1.13. The van der Waals surface area contributed by atoms with E-state index in [0.29, 0.717) is 11.4 Å². The zero-order valence-electron chi connectivity index (χ0n) is 7.69. The van der Waals surface area contributed by atoms with Crippen LogP contribution >= 0.6 is 11.8 Å². The van der Waals surface area contributed by atoms with Gasteiger partial charge in [0.05, 0.1) is 5.75 Å². The lowest BCUT2D eigenvalue weighted by Crippen LogP contribution is -2.05. The average molecular weight is 210 g/mol. The summed E-state index contributed by atoms with van der Waals surface area (Å²) in [4.78, 5) is 25.8. The van der Waals surface area contributed by atoms with Crippen molar-refractivity contribution in [2.45, 2.75) is 6.92 Å². The number of rotatable bonds is 3. The summed E-state index contributed by atoms with van der Waals surface area (Å²) in [6, 6.07) is 3.16. The van der Waals surface area contributed by atoms with Gasteiger partial charge in [0.15, 0.2) is 10.9 Å². The Morgan fingerprint density at radius 3 is 2.71 bits per heavy atom. The molecule has 0 bridgehead atoms. The molecule has 0 spiro atoms. The number of aromatic nitrogens is 1. The number of nitrogens with two attached hydrogens (primary N) is 1. The van der Waals surface area contributed by atoms with E-state index >= 15 is 0 Å². The van der Waals surface area contributed by atoms with Gasteiger partial charge in [0.2, 0.25) is 0 Å². The lowest BCUT2D eigenvalue weighted by molar-refractivity contribution is -0.109. The quantitative estimate of drug-likeness (QED) is 0.757. The molecule has 1 aromatic heterocycles. The molecule has 74 valence electrons. The van der Waals surface area contributed by atoms with Crippen LogP contribution in [0.25, 0.3) is 0 Å². The van der Waals surface area contributed by atoms with Gasteiger partial charge in [-0.15, -0.1) is 0 Å². The number of pyridine rings is 1. The molecule has 0 radical (unpaired) electrons. The molecule has 1 aromatic rings. The summed E-state index contributed by atoms with van der Waals surface area (Å²) in [5.74, 6) is 0.416. The Hall–Kier alpha value is -1.36. The highest BCUT2D eigenvalue weighted by Crippen LogP contribution is 2.08. The van der Waals surface area contributed by atoms with Crippen molar-refractivity contribution in [3.05, 3.63) is 23.9 Å². The van der Waals surface area contributed by atoms with Gasteiger partial charge in [-0.05, 0) is 12.1 Å². The van der Waals surface area contributed by atoms with E-state index in [4.69, 9.17) is 5.73 Å². The van der Waals surface area contributed by atoms with E-state index in [0.717, 1.165) is 11.8 Å². The molecule has 2 N–H and O–H groups in total. The summed E-state index contributed by atoms with van der Waals surface area (Å²) in [5, 5.41) is -0.0678. The van der Waals surface area contributed by atoms with Gasteiger partial charge < -0.3 is 5.73 Å². The van der Waals surface area contributed by atoms with Crippen molar-refractivity contribution in [1.82, 2.24) is 4.98 Å². The van der Waals surface area contributed by atoms with Gasteiger partial charge >= 0.3 is 0 Å². The van der Waals surface area contributed by atoms with Crippen molar-refractivity contribution in [2.75, 3.05) is 11.5 Å². The standard InChI is InChI=1S/C9H10N2O2S/c1-6(12)14-5-8(13)7-2-3-9(10)11-4-7/h2-4H,5H2,1H3,(H2,10,11). The third-order valence-corrected chi connectivity index (χ3v) is 2.33. The van der Waals surface area contributed by atoms with Crippen LogP contribution in [0, 0.1) is 0 Å². The van der Waals surface area contributed by atoms with Gasteiger partial charge in [0, 0.05) is 18.7 Å². The molecule has 0 aromatic carbocycles. The summed E-state index contributed by atoms with van der Waals surface area (Å²) in [5.41, 5.74) is 5.85. The number of thioether (sulfide) groups is 1. The van der Waals surface area contributed by atoms with Crippen LogP contribution in [0.15, 0.2) is 18.3 Å². The maximum Gasteiger partial charge on any atom is 0.186 e. The number of nitrogens with zero attached hydrogens (tertiary/aromatic N) is 1.